The Labute approximate surface area is 200 Å². The first kappa shape index (κ1) is 22.3. The highest BCUT2D eigenvalue weighted by Gasteiger charge is 2.37. The maximum absolute atomic E-state index is 13.4. The highest BCUT2D eigenvalue weighted by molar-refractivity contribution is 7.92. The fraction of sp³-hybridized carbons (Fsp3) is 0.269. The molecule has 0 aromatic heterocycles. The van der Waals surface area contributed by atoms with E-state index in [9.17, 15) is 13.2 Å². The Morgan fingerprint density at radius 3 is 2.26 bits per heavy atom. The third-order valence-electron chi connectivity index (χ3n) is 6.21. The average Bonchev–Trinajstić information content (AvgIpc) is 2.89. The number of amides is 1. The number of hydrogen-bond donors (Lipinski definition) is 1. The van der Waals surface area contributed by atoms with Crippen LogP contribution in [0.1, 0.15) is 19.3 Å². The molecule has 1 saturated heterocycles. The zero-order valence-corrected chi connectivity index (χ0v) is 19.6. The van der Waals surface area contributed by atoms with Gasteiger partial charge >= 0.3 is 0 Å². The van der Waals surface area contributed by atoms with Gasteiger partial charge in [0.25, 0.3) is 15.9 Å². The smallest absolute Gasteiger partial charge is 0.267 e. The van der Waals surface area contributed by atoms with Crippen LogP contribution in [0.25, 0.3) is 0 Å². The summed E-state index contributed by atoms with van der Waals surface area (Å²) in [6.45, 7) is 1.98. The predicted octanol–water partition coefficient (Wildman–Crippen LogP) is 4.27. The van der Waals surface area contributed by atoms with Gasteiger partial charge in [0.15, 0.2) is 6.10 Å². The number of carbonyl (C=O) groups excluding carboxylic acids is 1. The van der Waals surface area contributed by atoms with Gasteiger partial charge in [-0.1, -0.05) is 30.3 Å². The SMILES string of the molecule is O=C(Nc1ccc(N2CCCCC2)cc1)C1CN(S(=O)(=O)c2ccccc2)c2ccccc2O1. The first-order valence-electron chi connectivity index (χ1n) is 11.5. The second-order valence-corrected chi connectivity index (χ2v) is 10.4. The molecule has 0 radical (unpaired) electrons. The molecule has 5 rings (SSSR count). The Morgan fingerprint density at radius 1 is 0.853 bits per heavy atom. The Kier molecular flexibility index (Phi) is 6.15. The largest absolute Gasteiger partial charge is 0.476 e. The topological polar surface area (TPSA) is 79.0 Å². The van der Waals surface area contributed by atoms with Crippen molar-refractivity contribution in [3.05, 3.63) is 78.9 Å². The van der Waals surface area contributed by atoms with Gasteiger partial charge in [-0.05, 0) is 67.8 Å². The number of sulfonamides is 1. The maximum Gasteiger partial charge on any atom is 0.267 e. The van der Waals surface area contributed by atoms with Crippen molar-refractivity contribution in [3.8, 4) is 5.75 Å². The van der Waals surface area contributed by atoms with Gasteiger partial charge in [0.1, 0.15) is 5.75 Å². The van der Waals surface area contributed by atoms with Crippen LogP contribution in [0.4, 0.5) is 17.1 Å². The third kappa shape index (κ3) is 4.46. The predicted molar refractivity (Wildman–Crippen MR) is 133 cm³/mol. The van der Waals surface area contributed by atoms with Gasteiger partial charge in [-0.2, -0.15) is 0 Å². The van der Waals surface area contributed by atoms with E-state index in [1.807, 2.05) is 24.3 Å². The summed E-state index contributed by atoms with van der Waals surface area (Å²) in [6, 6.07) is 22.8. The monoisotopic (exact) mass is 477 g/mol. The molecule has 1 amide bonds. The molecule has 2 aliphatic heterocycles. The molecule has 0 saturated carbocycles. The lowest BCUT2D eigenvalue weighted by Gasteiger charge is -2.34. The van der Waals surface area contributed by atoms with E-state index >= 15 is 0 Å². The van der Waals surface area contributed by atoms with Gasteiger partial charge < -0.3 is 15.0 Å². The fourth-order valence-electron chi connectivity index (χ4n) is 4.42. The van der Waals surface area contributed by atoms with E-state index in [-0.39, 0.29) is 11.4 Å². The van der Waals surface area contributed by atoms with Crippen LogP contribution >= 0.6 is 0 Å². The average molecular weight is 478 g/mol. The van der Waals surface area contributed by atoms with E-state index in [1.54, 1.807) is 54.6 Å². The maximum atomic E-state index is 13.4. The molecule has 0 spiro atoms. The molecule has 176 valence electrons. The molecule has 1 atom stereocenters. The van der Waals surface area contributed by atoms with Crippen LogP contribution in [0.2, 0.25) is 0 Å². The molecule has 3 aromatic carbocycles. The standard InChI is InChI=1S/C26H27N3O4S/c30-26(27-20-13-15-21(16-14-20)28-17-7-2-8-18-28)25-19-29(23-11-5-6-12-24(23)33-25)34(31,32)22-9-3-1-4-10-22/h1,3-6,9-16,25H,2,7-8,17-19H2,(H,27,30). The van der Waals surface area contributed by atoms with Gasteiger partial charge in [0, 0.05) is 24.5 Å². The van der Waals surface area contributed by atoms with Gasteiger partial charge in [0.2, 0.25) is 0 Å². The van der Waals surface area contributed by atoms with Gasteiger partial charge in [-0.15, -0.1) is 0 Å². The zero-order valence-electron chi connectivity index (χ0n) is 18.8. The lowest BCUT2D eigenvalue weighted by molar-refractivity contribution is -0.122. The second kappa shape index (κ2) is 9.38. The van der Waals surface area contributed by atoms with Crippen LogP contribution in [0, 0.1) is 0 Å². The number of hydrogen-bond acceptors (Lipinski definition) is 5. The van der Waals surface area contributed by atoms with Crippen LogP contribution in [0.15, 0.2) is 83.8 Å². The number of nitrogens with one attached hydrogen (secondary N) is 1. The van der Waals surface area contributed by atoms with E-state index in [0.717, 1.165) is 18.8 Å². The van der Waals surface area contributed by atoms with E-state index < -0.39 is 22.0 Å². The number of para-hydroxylation sites is 2. The summed E-state index contributed by atoms with van der Waals surface area (Å²) < 4.78 is 34.0. The molecule has 2 aliphatic rings. The number of fused-ring (bicyclic) bond motifs is 1. The van der Waals surface area contributed by atoms with Crippen molar-refractivity contribution in [3.63, 3.8) is 0 Å². The number of ether oxygens (including phenoxy) is 1. The van der Waals surface area contributed by atoms with Crippen molar-refractivity contribution in [2.24, 2.45) is 0 Å². The number of benzene rings is 3. The summed E-state index contributed by atoms with van der Waals surface area (Å²) in [7, 11) is -3.86. The zero-order chi connectivity index (χ0) is 23.5. The minimum Gasteiger partial charge on any atom is -0.476 e. The van der Waals surface area contributed by atoms with E-state index in [2.05, 4.69) is 10.2 Å². The minimum atomic E-state index is -3.86. The van der Waals surface area contributed by atoms with Crippen LogP contribution < -0.4 is 19.3 Å². The highest BCUT2D eigenvalue weighted by Crippen LogP contribution is 2.37. The minimum absolute atomic E-state index is 0.119. The number of nitrogens with zero attached hydrogens (tertiary/aromatic N) is 2. The molecule has 34 heavy (non-hydrogen) atoms. The second-order valence-electron chi connectivity index (χ2n) is 8.51. The summed E-state index contributed by atoms with van der Waals surface area (Å²) >= 11 is 0. The lowest BCUT2D eigenvalue weighted by Crippen LogP contribution is -2.48. The Hall–Kier alpha value is -3.52. The van der Waals surface area contributed by atoms with Crippen molar-refractivity contribution < 1.29 is 17.9 Å². The molecule has 0 bridgehead atoms. The summed E-state index contributed by atoms with van der Waals surface area (Å²) in [6.07, 6.45) is 2.67. The molecule has 7 nitrogen and oxygen atoms in total. The Balaban J connectivity index is 1.35. The van der Waals surface area contributed by atoms with E-state index in [4.69, 9.17) is 4.74 Å². The van der Waals surface area contributed by atoms with Crippen LogP contribution in [0.5, 0.6) is 5.75 Å². The van der Waals surface area contributed by atoms with Crippen molar-refractivity contribution >= 4 is 33.0 Å². The summed E-state index contributed by atoms with van der Waals surface area (Å²) in [4.78, 5) is 15.6. The van der Waals surface area contributed by atoms with E-state index in [1.165, 1.54) is 23.6 Å². The molecular formula is C26H27N3O4S. The molecule has 8 heteroatoms. The number of rotatable bonds is 5. The molecule has 1 fully saturated rings. The summed E-state index contributed by atoms with van der Waals surface area (Å²) in [5, 5.41) is 2.88. The number of carbonyl (C=O) groups is 1. The quantitative estimate of drug-likeness (QED) is 0.594. The normalized spacial score (nSPS) is 18.1. The highest BCUT2D eigenvalue weighted by atomic mass is 32.2. The fourth-order valence-corrected chi connectivity index (χ4v) is 5.91. The van der Waals surface area contributed by atoms with E-state index in [0.29, 0.717) is 17.1 Å². The Bertz CT molecular complexity index is 1260. The summed E-state index contributed by atoms with van der Waals surface area (Å²) in [5.41, 5.74) is 2.20. The van der Waals surface area contributed by atoms with Crippen LogP contribution in [-0.4, -0.2) is 40.1 Å². The number of anilines is 3. The van der Waals surface area contributed by atoms with Crippen molar-refractivity contribution in [1.82, 2.24) is 0 Å². The molecule has 0 aliphatic carbocycles. The molecule has 2 heterocycles. The van der Waals surface area contributed by atoms with Crippen molar-refractivity contribution in [2.75, 3.05) is 34.2 Å². The molecular weight excluding hydrogens is 450 g/mol. The van der Waals surface area contributed by atoms with Crippen LogP contribution in [0.3, 0.4) is 0 Å². The first-order valence-corrected chi connectivity index (χ1v) is 13.0. The number of piperidine rings is 1. The van der Waals surface area contributed by atoms with Crippen molar-refractivity contribution in [1.29, 1.82) is 0 Å². The third-order valence-corrected chi connectivity index (χ3v) is 8.01. The molecule has 3 aromatic rings. The Morgan fingerprint density at radius 2 is 1.53 bits per heavy atom. The van der Waals surface area contributed by atoms with Crippen LogP contribution in [-0.2, 0) is 14.8 Å². The van der Waals surface area contributed by atoms with Gasteiger partial charge in [0.05, 0.1) is 17.1 Å². The van der Waals surface area contributed by atoms with Crippen molar-refractivity contribution in [2.45, 2.75) is 30.3 Å². The summed E-state index contributed by atoms with van der Waals surface area (Å²) in [5.74, 6) is -0.0395. The van der Waals surface area contributed by atoms with Gasteiger partial charge in [-0.25, -0.2) is 8.42 Å². The molecule has 1 unspecified atom stereocenters. The lowest BCUT2D eigenvalue weighted by atomic mass is 10.1. The van der Waals surface area contributed by atoms with Gasteiger partial charge in [-0.3, -0.25) is 9.10 Å². The first-order chi connectivity index (χ1) is 16.5. The molecule has 1 N–H and O–H groups in total.